The van der Waals surface area contributed by atoms with E-state index >= 15 is 0 Å². The van der Waals surface area contributed by atoms with Gasteiger partial charge in [-0.05, 0) is 80.8 Å². The molecule has 2 aromatic rings. The van der Waals surface area contributed by atoms with Crippen LogP contribution in [-0.2, 0) is 17.6 Å². The number of nitrogens with one attached hydrogen (secondary N) is 1. The molecule has 0 aromatic heterocycles. The molecule has 4 nitrogen and oxygen atoms in total. The number of hydrogen-bond donors (Lipinski definition) is 2. The van der Waals surface area contributed by atoms with Gasteiger partial charge in [-0.2, -0.15) is 0 Å². The molecule has 2 aromatic carbocycles. The minimum atomic E-state index is -0.456. The lowest BCUT2D eigenvalue weighted by Gasteiger charge is -2.22. The Kier molecular flexibility index (Phi) is 8.54. The van der Waals surface area contributed by atoms with Gasteiger partial charge >= 0.3 is 6.09 Å². The molecule has 0 aliphatic heterocycles. The molecule has 3 N–H and O–H groups in total. The molecule has 0 radical (unpaired) electrons. The van der Waals surface area contributed by atoms with Crippen LogP contribution in [0.1, 0.15) is 75.4 Å². The van der Waals surface area contributed by atoms with Gasteiger partial charge in [-0.25, -0.2) is 4.79 Å². The zero-order chi connectivity index (χ0) is 21.2. The summed E-state index contributed by atoms with van der Waals surface area (Å²) in [5.74, 6) is 0. The number of rotatable bonds is 1. The molecule has 0 fully saturated rings. The molecule has 2 aliphatic rings. The van der Waals surface area contributed by atoms with Gasteiger partial charge in [0, 0.05) is 15.0 Å². The van der Waals surface area contributed by atoms with E-state index in [4.69, 9.17) is 10.5 Å². The third kappa shape index (κ3) is 6.08. The van der Waals surface area contributed by atoms with Crippen LogP contribution in [-0.4, -0.2) is 11.7 Å². The second-order valence-corrected chi connectivity index (χ2v) is 10.2. The average molecular weight is 540 g/mol. The minimum Gasteiger partial charge on any atom is -0.444 e. The Balaban J connectivity index is 0.000000229. The van der Waals surface area contributed by atoms with Crippen molar-refractivity contribution in [3.8, 4) is 0 Å². The molecule has 2 atom stereocenters. The molecule has 0 saturated heterocycles. The van der Waals surface area contributed by atoms with E-state index in [-0.39, 0.29) is 25.6 Å². The Morgan fingerprint density at radius 1 is 1.00 bits per heavy atom. The van der Waals surface area contributed by atoms with Crippen LogP contribution in [0.15, 0.2) is 45.3 Å². The number of fused-ring (bicyclic) bond motifs is 2. The van der Waals surface area contributed by atoms with Crippen LogP contribution in [0, 0.1) is 0 Å². The number of benzene rings is 2. The van der Waals surface area contributed by atoms with Gasteiger partial charge in [-0.15, -0.1) is 0 Å². The highest BCUT2D eigenvalue weighted by molar-refractivity contribution is 9.10. The van der Waals surface area contributed by atoms with Gasteiger partial charge in [0.05, 0.1) is 6.04 Å². The molecule has 0 spiro atoms. The predicted molar refractivity (Wildman–Crippen MR) is 131 cm³/mol. The fraction of sp³-hybridized carbons (Fsp3) is 0.458. The molecular weight excluding hydrogens is 508 g/mol. The van der Waals surface area contributed by atoms with Gasteiger partial charge in [0.2, 0.25) is 0 Å². The van der Waals surface area contributed by atoms with Crippen LogP contribution < -0.4 is 11.1 Å². The van der Waals surface area contributed by atoms with Crippen molar-refractivity contribution in [1.29, 1.82) is 0 Å². The lowest BCUT2D eigenvalue weighted by molar-refractivity contribution is 0.0503. The highest BCUT2D eigenvalue weighted by atomic mass is 79.9. The number of carbonyl (C=O) groups is 1. The summed E-state index contributed by atoms with van der Waals surface area (Å²) < 4.78 is 7.61. The number of ether oxygens (including phenoxy) is 1. The minimum absolute atomic E-state index is 0. The molecular formula is C24H32Br2N2O2. The number of alkyl carbamates (subject to hydrolysis) is 1. The van der Waals surface area contributed by atoms with Gasteiger partial charge in [-0.3, -0.25) is 0 Å². The summed E-state index contributed by atoms with van der Waals surface area (Å²) >= 11 is 7.07. The maximum atomic E-state index is 11.8. The van der Waals surface area contributed by atoms with Crippen molar-refractivity contribution < 1.29 is 9.53 Å². The van der Waals surface area contributed by atoms with Crippen LogP contribution in [0.4, 0.5) is 4.79 Å². The van der Waals surface area contributed by atoms with Crippen LogP contribution in [0.3, 0.4) is 0 Å². The third-order valence-corrected chi connectivity index (χ3v) is 6.65. The van der Waals surface area contributed by atoms with E-state index in [0.29, 0.717) is 0 Å². The van der Waals surface area contributed by atoms with Gasteiger partial charge in [0.1, 0.15) is 5.60 Å². The average Bonchev–Trinajstić information content (AvgIpc) is 3.20. The molecule has 0 heterocycles. The smallest absolute Gasteiger partial charge is 0.408 e. The maximum absolute atomic E-state index is 11.8. The van der Waals surface area contributed by atoms with E-state index in [0.717, 1.165) is 30.2 Å². The molecule has 164 valence electrons. The van der Waals surface area contributed by atoms with Gasteiger partial charge < -0.3 is 15.8 Å². The Morgan fingerprint density at radius 2 is 1.53 bits per heavy atom. The van der Waals surface area contributed by atoms with Crippen molar-refractivity contribution in [2.24, 2.45) is 5.73 Å². The molecule has 6 heteroatoms. The van der Waals surface area contributed by atoms with Crippen molar-refractivity contribution in [3.05, 3.63) is 67.6 Å². The lowest BCUT2D eigenvalue weighted by Crippen LogP contribution is -2.34. The van der Waals surface area contributed by atoms with Gasteiger partial charge in [-0.1, -0.05) is 63.6 Å². The molecule has 2 aliphatic carbocycles. The summed E-state index contributed by atoms with van der Waals surface area (Å²) in [7, 11) is 0. The zero-order valence-electron chi connectivity index (χ0n) is 17.1. The van der Waals surface area contributed by atoms with Crippen LogP contribution in [0.5, 0.6) is 0 Å². The first-order valence-corrected chi connectivity index (χ1v) is 11.5. The van der Waals surface area contributed by atoms with Crippen LogP contribution in [0.2, 0.25) is 0 Å². The second kappa shape index (κ2) is 10.3. The van der Waals surface area contributed by atoms with Gasteiger partial charge in [0.25, 0.3) is 0 Å². The van der Waals surface area contributed by atoms with E-state index in [1.807, 2.05) is 39.0 Å². The van der Waals surface area contributed by atoms with Crippen molar-refractivity contribution in [2.75, 3.05) is 0 Å². The Hall–Kier alpha value is -1.37. The molecule has 30 heavy (non-hydrogen) atoms. The van der Waals surface area contributed by atoms with Crippen LogP contribution >= 0.6 is 31.9 Å². The largest absolute Gasteiger partial charge is 0.444 e. The third-order valence-electron chi connectivity index (χ3n) is 5.16. The molecule has 0 bridgehead atoms. The monoisotopic (exact) mass is 538 g/mol. The van der Waals surface area contributed by atoms with E-state index in [2.05, 4.69) is 55.4 Å². The van der Waals surface area contributed by atoms with Crippen molar-refractivity contribution >= 4 is 38.0 Å². The number of carbonyl (C=O) groups excluding carboxylic acids is 1. The lowest BCUT2D eigenvalue weighted by atomic mass is 10.1. The zero-order valence-corrected chi connectivity index (χ0v) is 20.3. The fourth-order valence-corrected chi connectivity index (χ4v) is 5.01. The summed E-state index contributed by atoms with van der Waals surface area (Å²) in [4.78, 5) is 11.8. The number of hydrogen-bond acceptors (Lipinski definition) is 3. The van der Waals surface area contributed by atoms with Crippen molar-refractivity contribution in [2.45, 2.75) is 71.6 Å². The predicted octanol–water partition coefficient (Wildman–Crippen LogP) is 6.99. The summed E-state index contributed by atoms with van der Waals surface area (Å²) in [6, 6.07) is 12.7. The highest BCUT2D eigenvalue weighted by Gasteiger charge is 2.27. The Bertz CT molecular complexity index is 893. The first-order chi connectivity index (χ1) is 13.7. The summed E-state index contributed by atoms with van der Waals surface area (Å²) in [6.45, 7) is 5.60. The first-order valence-electron chi connectivity index (χ1n) is 9.95. The van der Waals surface area contributed by atoms with E-state index in [1.54, 1.807) is 0 Å². The summed E-state index contributed by atoms with van der Waals surface area (Å²) in [6.07, 6.45) is 3.78. The standard InChI is InChI=1S/C14H18BrNO2.C9H10BrN.CH4/c1-14(2,3)18-13(17)16-12-8-7-9-10(12)5-4-6-11(9)15;10-8-3-1-2-7-6(8)4-5-9(7)11;/h4-6,12H,7-8H2,1-3H3,(H,16,17);1-3,9H,4-5,11H2;1H4/t12-;9-;/m11./s1. The normalized spacial score (nSPS) is 19.0. The van der Waals surface area contributed by atoms with E-state index < -0.39 is 5.60 Å². The summed E-state index contributed by atoms with van der Waals surface area (Å²) in [5.41, 5.74) is 10.6. The highest BCUT2D eigenvalue weighted by Crippen LogP contribution is 2.36. The second-order valence-electron chi connectivity index (χ2n) is 8.50. The van der Waals surface area contributed by atoms with Crippen molar-refractivity contribution in [1.82, 2.24) is 5.32 Å². The SMILES string of the molecule is C.CC(C)(C)OC(=O)N[C@@H]1CCc2c(Br)cccc21.N[C@@H]1CCc2c(Br)cccc21. The van der Waals surface area contributed by atoms with E-state index in [1.165, 1.54) is 26.7 Å². The molecule has 0 saturated carbocycles. The maximum Gasteiger partial charge on any atom is 0.408 e. The Morgan fingerprint density at radius 3 is 2.10 bits per heavy atom. The number of amides is 1. The first kappa shape index (κ1) is 24.9. The molecule has 0 unspecified atom stereocenters. The molecule has 4 rings (SSSR count). The van der Waals surface area contributed by atoms with Crippen LogP contribution in [0.25, 0.3) is 0 Å². The summed E-state index contributed by atoms with van der Waals surface area (Å²) in [5, 5.41) is 2.94. The fourth-order valence-electron chi connectivity index (χ4n) is 3.85. The number of halogens is 2. The number of nitrogens with two attached hydrogens (primary N) is 1. The quantitative estimate of drug-likeness (QED) is 0.410. The topological polar surface area (TPSA) is 64.3 Å². The van der Waals surface area contributed by atoms with Crippen molar-refractivity contribution in [3.63, 3.8) is 0 Å². The van der Waals surface area contributed by atoms with E-state index in [9.17, 15) is 4.79 Å². The molecule has 1 amide bonds. The van der Waals surface area contributed by atoms with Gasteiger partial charge in [0.15, 0.2) is 0 Å². The Labute approximate surface area is 197 Å².